The van der Waals surface area contributed by atoms with Crippen molar-refractivity contribution in [2.45, 2.75) is 0 Å². The first kappa shape index (κ1) is 17.4. The molecule has 0 aliphatic rings. The Morgan fingerprint density at radius 2 is 1.78 bits per heavy atom. The van der Waals surface area contributed by atoms with E-state index in [1.807, 2.05) is 41.8 Å². The van der Waals surface area contributed by atoms with Crippen LogP contribution < -0.4 is 10.6 Å². The van der Waals surface area contributed by atoms with Crippen molar-refractivity contribution in [1.29, 1.82) is 0 Å². The van der Waals surface area contributed by atoms with Crippen molar-refractivity contribution < 1.29 is 9.59 Å². The number of carbonyl (C=O) groups excluding carboxylic acids is 2. The van der Waals surface area contributed by atoms with Crippen LogP contribution in [0.2, 0.25) is 0 Å². The molecule has 0 bridgehead atoms. The Labute approximate surface area is 163 Å². The molecule has 27 heavy (non-hydrogen) atoms. The molecule has 0 fully saturated rings. The van der Waals surface area contributed by atoms with Crippen LogP contribution in [0.4, 0.5) is 5.00 Å². The summed E-state index contributed by atoms with van der Waals surface area (Å²) < 4.78 is 0. The summed E-state index contributed by atoms with van der Waals surface area (Å²) in [5.41, 5.74) is 2.49. The summed E-state index contributed by atoms with van der Waals surface area (Å²) in [6, 6.07) is 15.0. The minimum Gasteiger partial charge on any atom is -0.355 e. The monoisotopic (exact) mass is 393 g/mol. The van der Waals surface area contributed by atoms with E-state index in [1.54, 1.807) is 35.9 Å². The molecule has 0 atom stereocenters. The zero-order chi connectivity index (χ0) is 18.8. The molecular weight excluding hydrogens is 378 g/mol. The van der Waals surface area contributed by atoms with Gasteiger partial charge in [0.1, 0.15) is 5.00 Å². The Morgan fingerprint density at radius 1 is 0.926 bits per heavy atom. The molecular formula is C20H15N3O2S2. The Balaban J connectivity index is 1.77. The zero-order valence-electron chi connectivity index (χ0n) is 14.4. The van der Waals surface area contributed by atoms with Crippen molar-refractivity contribution in [2.75, 3.05) is 12.4 Å². The lowest BCUT2D eigenvalue weighted by Gasteiger charge is -2.10. The lowest BCUT2D eigenvalue weighted by atomic mass is 10.1. The lowest BCUT2D eigenvalue weighted by Crippen LogP contribution is -2.20. The Kier molecular flexibility index (Phi) is 4.70. The number of pyridine rings is 1. The van der Waals surface area contributed by atoms with Gasteiger partial charge in [0.15, 0.2) is 0 Å². The summed E-state index contributed by atoms with van der Waals surface area (Å²) in [4.78, 5) is 30.7. The van der Waals surface area contributed by atoms with E-state index in [0.29, 0.717) is 16.1 Å². The molecule has 3 heterocycles. The van der Waals surface area contributed by atoms with Gasteiger partial charge in [0.25, 0.3) is 11.8 Å². The van der Waals surface area contributed by atoms with Gasteiger partial charge in [0.2, 0.25) is 0 Å². The van der Waals surface area contributed by atoms with Crippen LogP contribution in [-0.4, -0.2) is 23.8 Å². The van der Waals surface area contributed by atoms with Crippen LogP contribution in [0.15, 0.2) is 59.3 Å². The number of rotatable bonds is 4. The van der Waals surface area contributed by atoms with E-state index < -0.39 is 0 Å². The summed E-state index contributed by atoms with van der Waals surface area (Å²) >= 11 is 2.89. The van der Waals surface area contributed by atoms with Crippen molar-refractivity contribution in [3.05, 3.63) is 70.4 Å². The number of para-hydroxylation sites is 1. The molecule has 0 spiro atoms. The Hall–Kier alpha value is -3.03. The van der Waals surface area contributed by atoms with Gasteiger partial charge in [0.05, 0.1) is 27.2 Å². The number of thiophene rings is 2. The molecule has 5 nitrogen and oxygen atoms in total. The summed E-state index contributed by atoms with van der Waals surface area (Å²) in [5, 5.41) is 10.5. The first-order valence-electron chi connectivity index (χ1n) is 8.22. The number of hydrogen-bond acceptors (Lipinski definition) is 5. The van der Waals surface area contributed by atoms with Crippen molar-refractivity contribution in [1.82, 2.24) is 10.3 Å². The van der Waals surface area contributed by atoms with E-state index in [9.17, 15) is 9.59 Å². The van der Waals surface area contributed by atoms with E-state index >= 15 is 0 Å². The molecule has 2 amide bonds. The van der Waals surface area contributed by atoms with E-state index in [1.165, 1.54) is 11.3 Å². The number of amides is 2. The molecule has 4 aromatic rings. The molecule has 0 aliphatic carbocycles. The number of hydrogen-bond donors (Lipinski definition) is 2. The SMILES string of the molecule is CNC(=O)c1ccsc1NC(=O)c1cc(-c2cccs2)nc2ccccc12. The third kappa shape index (κ3) is 3.34. The summed E-state index contributed by atoms with van der Waals surface area (Å²) in [5.74, 6) is -0.496. The van der Waals surface area contributed by atoms with Crippen LogP contribution in [0.5, 0.6) is 0 Å². The third-order valence-corrected chi connectivity index (χ3v) is 5.82. The number of nitrogens with zero attached hydrogens (tertiary/aromatic N) is 1. The third-order valence-electron chi connectivity index (χ3n) is 4.10. The minimum absolute atomic E-state index is 0.231. The fraction of sp³-hybridized carbons (Fsp3) is 0.0500. The predicted molar refractivity (Wildman–Crippen MR) is 111 cm³/mol. The van der Waals surface area contributed by atoms with Gasteiger partial charge in [-0.25, -0.2) is 4.98 Å². The molecule has 7 heteroatoms. The summed E-state index contributed by atoms with van der Waals surface area (Å²) in [6.07, 6.45) is 0. The van der Waals surface area contributed by atoms with Crippen LogP contribution in [0.1, 0.15) is 20.7 Å². The topological polar surface area (TPSA) is 71.1 Å². The molecule has 1 aromatic carbocycles. The molecule has 0 saturated heterocycles. The fourth-order valence-corrected chi connectivity index (χ4v) is 4.27. The van der Waals surface area contributed by atoms with Gasteiger partial charge >= 0.3 is 0 Å². The largest absolute Gasteiger partial charge is 0.355 e. The van der Waals surface area contributed by atoms with Gasteiger partial charge < -0.3 is 10.6 Å². The van der Waals surface area contributed by atoms with Crippen molar-refractivity contribution in [2.24, 2.45) is 0 Å². The van der Waals surface area contributed by atoms with Gasteiger partial charge in [-0.3, -0.25) is 9.59 Å². The highest BCUT2D eigenvalue weighted by Crippen LogP contribution is 2.29. The minimum atomic E-state index is -0.265. The van der Waals surface area contributed by atoms with Crippen LogP contribution >= 0.6 is 22.7 Å². The number of fused-ring (bicyclic) bond motifs is 1. The smallest absolute Gasteiger partial charge is 0.257 e. The van der Waals surface area contributed by atoms with Crippen LogP contribution in [0.25, 0.3) is 21.5 Å². The molecule has 0 aliphatic heterocycles. The standard InChI is InChI=1S/C20H15N3O2S2/c1-21-18(24)13-8-10-27-20(13)23-19(25)14-11-16(17-7-4-9-26-17)22-15-6-3-2-5-12(14)15/h2-11H,1H3,(H,21,24)(H,23,25). The Bertz CT molecular complexity index is 1130. The molecule has 2 N–H and O–H groups in total. The lowest BCUT2D eigenvalue weighted by molar-refractivity contribution is 0.0964. The average molecular weight is 393 g/mol. The second-order valence-electron chi connectivity index (χ2n) is 5.75. The summed E-state index contributed by atoms with van der Waals surface area (Å²) in [6.45, 7) is 0. The van der Waals surface area contributed by atoms with E-state index in [4.69, 9.17) is 0 Å². The highest BCUT2D eigenvalue weighted by atomic mass is 32.1. The van der Waals surface area contributed by atoms with Gasteiger partial charge in [-0.15, -0.1) is 22.7 Å². The van der Waals surface area contributed by atoms with Gasteiger partial charge in [0, 0.05) is 12.4 Å². The highest BCUT2D eigenvalue weighted by Gasteiger charge is 2.18. The second-order valence-corrected chi connectivity index (χ2v) is 7.61. The van der Waals surface area contributed by atoms with Crippen LogP contribution in [0, 0.1) is 0 Å². The van der Waals surface area contributed by atoms with E-state index in [0.717, 1.165) is 21.5 Å². The van der Waals surface area contributed by atoms with Crippen molar-refractivity contribution in [3.63, 3.8) is 0 Å². The Morgan fingerprint density at radius 3 is 2.56 bits per heavy atom. The maximum absolute atomic E-state index is 13.1. The highest BCUT2D eigenvalue weighted by molar-refractivity contribution is 7.14. The number of aromatic nitrogens is 1. The van der Waals surface area contributed by atoms with Crippen molar-refractivity contribution in [3.8, 4) is 10.6 Å². The van der Waals surface area contributed by atoms with E-state index in [-0.39, 0.29) is 11.8 Å². The molecule has 0 unspecified atom stereocenters. The molecule has 3 aromatic heterocycles. The van der Waals surface area contributed by atoms with Crippen LogP contribution in [-0.2, 0) is 0 Å². The predicted octanol–water partition coefficient (Wildman–Crippen LogP) is 4.64. The van der Waals surface area contributed by atoms with Gasteiger partial charge in [-0.05, 0) is 35.0 Å². The van der Waals surface area contributed by atoms with Gasteiger partial charge in [-0.1, -0.05) is 24.3 Å². The molecule has 0 saturated carbocycles. The molecule has 0 radical (unpaired) electrons. The van der Waals surface area contributed by atoms with Crippen LogP contribution in [0.3, 0.4) is 0 Å². The second kappa shape index (κ2) is 7.30. The first-order valence-corrected chi connectivity index (χ1v) is 9.98. The van der Waals surface area contributed by atoms with Crippen molar-refractivity contribution >= 4 is 50.4 Å². The average Bonchev–Trinajstić information content (AvgIpc) is 3.38. The maximum atomic E-state index is 13.1. The first-order chi connectivity index (χ1) is 13.2. The number of carbonyl (C=O) groups is 2. The zero-order valence-corrected chi connectivity index (χ0v) is 16.0. The van der Waals surface area contributed by atoms with E-state index in [2.05, 4.69) is 15.6 Å². The summed E-state index contributed by atoms with van der Waals surface area (Å²) in [7, 11) is 1.56. The molecule has 134 valence electrons. The normalized spacial score (nSPS) is 10.7. The van der Waals surface area contributed by atoms with Gasteiger partial charge in [-0.2, -0.15) is 0 Å². The quantitative estimate of drug-likeness (QED) is 0.531. The number of benzene rings is 1. The number of nitrogens with one attached hydrogen (secondary N) is 2. The number of anilines is 1. The maximum Gasteiger partial charge on any atom is 0.257 e. The molecule has 4 rings (SSSR count). The fourth-order valence-electron chi connectivity index (χ4n) is 2.80.